The number of nitrogens with two attached hydrogens (primary N) is 1. The van der Waals surface area contributed by atoms with Crippen LogP contribution in [0.1, 0.15) is 38.2 Å². The zero-order valence-electron chi connectivity index (χ0n) is 10.9. The molecule has 0 saturated heterocycles. The molecule has 1 heterocycles. The van der Waals surface area contributed by atoms with E-state index in [4.69, 9.17) is 5.73 Å². The van der Waals surface area contributed by atoms with E-state index in [1.165, 1.54) is 6.33 Å². The standard InChI is InChI=1S/C13H22N4O/c1-2-3-11-12(14)16-8-17-13(11)15-7-9-4-5-10(18)6-9/h8-10,18H,2-7H2,1H3,(H3,14,15,16,17). The molecule has 1 aliphatic carbocycles. The van der Waals surface area contributed by atoms with E-state index >= 15 is 0 Å². The first-order chi connectivity index (χ1) is 8.70. The maximum atomic E-state index is 9.51. The second kappa shape index (κ2) is 6.00. The summed E-state index contributed by atoms with van der Waals surface area (Å²) in [5, 5.41) is 12.9. The number of aromatic nitrogens is 2. The lowest BCUT2D eigenvalue weighted by molar-refractivity contribution is 0.178. The zero-order valence-corrected chi connectivity index (χ0v) is 10.9. The number of nitrogens with one attached hydrogen (secondary N) is 1. The molecular formula is C13H22N4O. The molecular weight excluding hydrogens is 228 g/mol. The minimum Gasteiger partial charge on any atom is -0.393 e. The van der Waals surface area contributed by atoms with Crippen molar-refractivity contribution >= 4 is 11.6 Å². The molecule has 1 aromatic heterocycles. The third-order valence-corrected chi connectivity index (χ3v) is 3.55. The van der Waals surface area contributed by atoms with E-state index in [1.807, 2.05) is 0 Å². The van der Waals surface area contributed by atoms with Crippen LogP contribution in [-0.2, 0) is 6.42 Å². The first-order valence-electron chi connectivity index (χ1n) is 6.72. The summed E-state index contributed by atoms with van der Waals surface area (Å²) in [5.41, 5.74) is 6.89. The fourth-order valence-electron chi connectivity index (χ4n) is 2.55. The molecule has 4 N–H and O–H groups in total. The molecule has 0 radical (unpaired) electrons. The molecule has 1 fully saturated rings. The van der Waals surface area contributed by atoms with Gasteiger partial charge in [-0.25, -0.2) is 9.97 Å². The predicted molar refractivity (Wildman–Crippen MR) is 72.3 cm³/mol. The van der Waals surface area contributed by atoms with Crippen LogP contribution in [-0.4, -0.2) is 27.7 Å². The Balaban J connectivity index is 1.98. The van der Waals surface area contributed by atoms with Gasteiger partial charge in [0.15, 0.2) is 0 Å². The molecule has 0 aromatic carbocycles. The summed E-state index contributed by atoms with van der Waals surface area (Å²) >= 11 is 0. The SMILES string of the molecule is CCCc1c(N)ncnc1NCC1CCC(O)C1. The Morgan fingerprint density at radius 2 is 2.28 bits per heavy atom. The van der Waals surface area contributed by atoms with Crippen molar-refractivity contribution in [2.75, 3.05) is 17.6 Å². The molecule has 0 bridgehead atoms. The van der Waals surface area contributed by atoms with Gasteiger partial charge in [0, 0.05) is 12.1 Å². The number of nitrogen functional groups attached to an aromatic ring is 1. The second-order valence-corrected chi connectivity index (χ2v) is 5.05. The zero-order chi connectivity index (χ0) is 13.0. The molecule has 100 valence electrons. The highest BCUT2D eigenvalue weighted by molar-refractivity contribution is 5.54. The third-order valence-electron chi connectivity index (χ3n) is 3.55. The fourth-order valence-corrected chi connectivity index (χ4v) is 2.55. The van der Waals surface area contributed by atoms with Crippen LogP contribution in [0, 0.1) is 5.92 Å². The number of nitrogens with zero attached hydrogens (tertiary/aromatic N) is 2. The van der Waals surface area contributed by atoms with Gasteiger partial charge >= 0.3 is 0 Å². The molecule has 18 heavy (non-hydrogen) atoms. The largest absolute Gasteiger partial charge is 0.393 e. The number of rotatable bonds is 5. The van der Waals surface area contributed by atoms with Gasteiger partial charge in [-0.15, -0.1) is 0 Å². The lowest BCUT2D eigenvalue weighted by atomic mass is 10.1. The van der Waals surface area contributed by atoms with Crippen molar-refractivity contribution in [3.63, 3.8) is 0 Å². The van der Waals surface area contributed by atoms with Gasteiger partial charge in [0.05, 0.1) is 6.10 Å². The first-order valence-corrected chi connectivity index (χ1v) is 6.72. The molecule has 2 rings (SSSR count). The highest BCUT2D eigenvalue weighted by Crippen LogP contribution is 2.26. The van der Waals surface area contributed by atoms with Gasteiger partial charge in [-0.05, 0) is 31.6 Å². The Kier molecular flexibility index (Phi) is 4.36. The lowest BCUT2D eigenvalue weighted by Crippen LogP contribution is -2.15. The molecule has 0 aliphatic heterocycles. The number of hydrogen-bond donors (Lipinski definition) is 3. The van der Waals surface area contributed by atoms with E-state index < -0.39 is 0 Å². The van der Waals surface area contributed by atoms with Crippen LogP contribution in [0.15, 0.2) is 6.33 Å². The molecule has 1 aliphatic rings. The van der Waals surface area contributed by atoms with E-state index in [2.05, 4.69) is 22.2 Å². The first kappa shape index (κ1) is 13.1. The quantitative estimate of drug-likeness (QED) is 0.739. The van der Waals surface area contributed by atoms with Gasteiger partial charge in [0.2, 0.25) is 0 Å². The average molecular weight is 250 g/mol. The second-order valence-electron chi connectivity index (χ2n) is 5.05. The molecule has 1 saturated carbocycles. The van der Waals surface area contributed by atoms with Crippen molar-refractivity contribution in [2.24, 2.45) is 5.92 Å². The maximum absolute atomic E-state index is 9.51. The van der Waals surface area contributed by atoms with Gasteiger partial charge < -0.3 is 16.2 Å². The summed E-state index contributed by atoms with van der Waals surface area (Å²) in [4.78, 5) is 8.31. The van der Waals surface area contributed by atoms with E-state index in [0.717, 1.165) is 50.0 Å². The van der Waals surface area contributed by atoms with Gasteiger partial charge in [0.25, 0.3) is 0 Å². The van der Waals surface area contributed by atoms with Crippen molar-refractivity contribution in [1.29, 1.82) is 0 Å². The smallest absolute Gasteiger partial charge is 0.134 e. The highest BCUT2D eigenvalue weighted by Gasteiger charge is 2.22. The number of anilines is 2. The molecule has 0 amide bonds. The molecule has 5 heteroatoms. The highest BCUT2D eigenvalue weighted by atomic mass is 16.3. The van der Waals surface area contributed by atoms with Crippen LogP contribution >= 0.6 is 0 Å². The Bertz CT molecular complexity index is 397. The molecule has 2 unspecified atom stereocenters. The summed E-state index contributed by atoms with van der Waals surface area (Å²) in [7, 11) is 0. The Hall–Kier alpha value is -1.36. The van der Waals surface area contributed by atoms with Crippen LogP contribution in [0.5, 0.6) is 0 Å². The minimum absolute atomic E-state index is 0.123. The van der Waals surface area contributed by atoms with Crippen LogP contribution in [0.4, 0.5) is 11.6 Å². The fraction of sp³-hybridized carbons (Fsp3) is 0.692. The van der Waals surface area contributed by atoms with Crippen molar-refractivity contribution in [3.8, 4) is 0 Å². The van der Waals surface area contributed by atoms with Crippen LogP contribution in [0.3, 0.4) is 0 Å². The molecule has 5 nitrogen and oxygen atoms in total. The normalized spacial score (nSPS) is 23.2. The van der Waals surface area contributed by atoms with Crippen molar-refractivity contribution in [2.45, 2.75) is 45.1 Å². The van der Waals surface area contributed by atoms with Crippen molar-refractivity contribution < 1.29 is 5.11 Å². The molecule has 0 spiro atoms. The van der Waals surface area contributed by atoms with Gasteiger partial charge in [-0.3, -0.25) is 0 Å². The van der Waals surface area contributed by atoms with Crippen molar-refractivity contribution in [3.05, 3.63) is 11.9 Å². The van der Waals surface area contributed by atoms with E-state index in [0.29, 0.717) is 11.7 Å². The summed E-state index contributed by atoms with van der Waals surface area (Å²) < 4.78 is 0. The Morgan fingerprint density at radius 3 is 2.94 bits per heavy atom. The predicted octanol–water partition coefficient (Wildman–Crippen LogP) is 1.58. The van der Waals surface area contributed by atoms with Crippen LogP contribution in [0.25, 0.3) is 0 Å². The van der Waals surface area contributed by atoms with Crippen LogP contribution < -0.4 is 11.1 Å². The average Bonchev–Trinajstić information content (AvgIpc) is 2.76. The van der Waals surface area contributed by atoms with E-state index in [-0.39, 0.29) is 6.10 Å². The van der Waals surface area contributed by atoms with Gasteiger partial charge in [0.1, 0.15) is 18.0 Å². The summed E-state index contributed by atoms with van der Waals surface area (Å²) in [6.45, 7) is 2.97. The Morgan fingerprint density at radius 1 is 1.44 bits per heavy atom. The molecule has 2 atom stereocenters. The summed E-state index contributed by atoms with van der Waals surface area (Å²) in [5.74, 6) is 1.96. The summed E-state index contributed by atoms with van der Waals surface area (Å²) in [6.07, 6.45) is 6.17. The Labute approximate surface area is 108 Å². The van der Waals surface area contributed by atoms with E-state index in [9.17, 15) is 5.11 Å². The minimum atomic E-state index is -0.123. The van der Waals surface area contributed by atoms with Gasteiger partial charge in [-0.2, -0.15) is 0 Å². The maximum Gasteiger partial charge on any atom is 0.134 e. The lowest BCUT2D eigenvalue weighted by Gasteiger charge is -2.14. The third kappa shape index (κ3) is 3.10. The number of aliphatic hydroxyl groups excluding tert-OH is 1. The van der Waals surface area contributed by atoms with Crippen molar-refractivity contribution in [1.82, 2.24) is 9.97 Å². The monoisotopic (exact) mass is 250 g/mol. The van der Waals surface area contributed by atoms with E-state index in [1.54, 1.807) is 0 Å². The number of hydrogen-bond acceptors (Lipinski definition) is 5. The van der Waals surface area contributed by atoms with Crippen LogP contribution in [0.2, 0.25) is 0 Å². The number of aliphatic hydroxyl groups is 1. The summed E-state index contributed by atoms with van der Waals surface area (Å²) in [6, 6.07) is 0. The van der Waals surface area contributed by atoms with Gasteiger partial charge in [-0.1, -0.05) is 13.3 Å². The topological polar surface area (TPSA) is 84.1 Å². The molecule has 1 aromatic rings.